The van der Waals surface area contributed by atoms with Gasteiger partial charge in [-0.05, 0) is 31.9 Å². The van der Waals surface area contributed by atoms with E-state index in [1.807, 2.05) is 12.1 Å². The van der Waals surface area contributed by atoms with Crippen LogP contribution in [0.3, 0.4) is 0 Å². The average Bonchev–Trinajstić information content (AvgIpc) is 2.15. The summed E-state index contributed by atoms with van der Waals surface area (Å²) in [5.74, 6) is 0.268. The Morgan fingerprint density at radius 2 is 2.07 bits per heavy atom. The molecule has 0 spiro atoms. The summed E-state index contributed by atoms with van der Waals surface area (Å²) in [6.45, 7) is 2.54. The summed E-state index contributed by atoms with van der Waals surface area (Å²) in [7, 11) is 0. The minimum Gasteiger partial charge on any atom is -0.506 e. The number of hydrogen-bond acceptors (Lipinski definition) is 3. The molecule has 1 unspecified atom stereocenters. The molecule has 1 aromatic rings. The Morgan fingerprint density at radius 3 is 2.71 bits per heavy atom. The number of phenols is 1. The van der Waals surface area contributed by atoms with Crippen LogP contribution < -0.4 is 5.32 Å². The van der Waals surface area contributed by atoms with E-state index in [9.17, 15) is 5.11 Å². The van der Waals surface area contributed by atoms with Gasteiger partial charge in [-0.3, -0.25) is 0 Å². The highest BCUT2D eigenvalue weighted by atomic mass is 16.3. The van der Waals surface area contributed by atoms with Crippen LogP contribution in [0.15, 0.2) is 24.3 Å². The minimum atomic E-state index is -0.249. The van der Waals surface area contributed by atoms with E-state index < -0.39 is 0 Å². The number of aliphatic hydroxyl groups is 1. The molecule has 0 bridgehead atoms. The van der Waals surface area contributed by atoms with Gasteiger partial charge < -0.3 is 15.5 Å². The van der Waals surface area contributed by atoms with Crippen molar-refractivity contribution in [1.82, 2.24) is 0 Å². The molecule has 78 valence electrons. The number of hydrogen-bond donors (Lipinski definition) is 3. The predicted molar refractivity (Wildman–Crippen MR) is 57.5 cm³/mol. The Hall–Kier alpha value is -1.22. The van der Waals surface area contributed by atoms with Crippen molar-refractivity contribution in [2.24, 2.45) is 0 Å². The quantitative estimate of drug-likeness (QED) is 0.497. The Kier molecular flexibility index (Phi) is 4.26. The number of nitrogens with one attached hydrogen (secondary N) is 1. The number of rotatable bonds is 5. The van der Waals surface area contributed by atoms with Crippen LogP contribution >= 0.6 is 0 Å². The second kappa shape index (κ2) is 5.50. The van der Waals surface area contributed by atoms with E-state index in [1.54, 1.807) is 19.1 Å². The Morgan fingerprint density at radius 1 is 1.36 bits per heavy atom. The normalized spacial score (nSPS) is 12.4. The first kappa shape index (κ1) is 10.9. The highest BCUT2D eigenvalue weighted by Crippen LogP contribution is 2.21. The number of para-hydroxylation sites is 2. The minimum absolute atomic E-state index is 0.249. The SMILES string of the molecule is CC(O)CCCNc1ccccc1O. The first-order valence-electron chi connectivity index (χ1n) is 4.90. The molecule has 3 heteroatoms. The molecular formula is C11H17NO2. The van der Waals surface area contributed by atoms with Crippen molar-refractivity contribution in [3.05, 3.63) is 24.3 Å². The van der Waals surface area contributed by atoms with Crippen molar-refractivity contribution in [2.75, 3.05) is 11.9 Å². The Labute approximate surface area is 84.4 Å². The fourth-order valence-corrected chi connectivity index (χ4v) is 1.24. The van der Waals surface area contributed by atoms with Crippen LogP contribution in [-0.2, 0) is 0 Å². The van der Waals surface area contributed by atoms with Gasteiger partial charge in [-0.2, -0.15) is 0 Å². The largest absolute Gasteiger partial charge is 0.506 e. The molecule has 0 fully saturated rings. The molecule has 0 aliphatic rings. The lowest BCUT2D eigenvalue weighted by molar-refractivity contribution is 0.183. The lowest BCUT2D eigenvalue weighted by Crippen LogP contribution is -2.06. The predicted octanol–water partition coefficient (Wildman–Crippen LogP) is 1.97. The van der Waals surface area contributed by atoms with Crippen LogP contribution in [-0.4, -0.2) is 22.9 Å². The van der Waals surface area contributed by atoms with Crippen LogP contribution in [0, 0.1) is 0 Å². The van der Waals surface area contributed by atoms with Crippen molar-refractivity contribution in [2.45, 2.75) is 25.9 Å². The summed E-state index contributed by atoms with van der Waals surface area (Å²) in [5.41, 5.74) is 0.748. The summed E-state index contributed by atoms with van der Waals surface area (Å²) in [4.78, 5) is 0. The van der Waals surface area contributed by atoms with Gasteiger partial charge in [0, 0.05) is 6.54 Å². The fourth-order valence-electron chi connectivity index (χ4n) is 1.24. The third kappa shape index (κ3) is 3.66. The number of phenolic OH excluding ortho intramolecular Hbond substituents is 1. The molecule has 0 aliphatic carbocycles. The molecule has 0 aliphatic heterocycles. The number of aliphatic hydroxyl groups excluding tert-OH is 1. The Bertz CT molecular complexity index is 274. The van der Waals surface area contributed by atoms with Crippen LogP contribution in [0.5, 0.6) is 5.75 Å². The monoisotopic (exact) mass is 195 g/mol. The summed E-state index contributed by atoms with van der Waals surface area (Å²) in [5, 5.41) is 21.5. The van der Waals surface area contributed by atoms with Gasteiger partial charge in [-0.15, -0.1) is 0 Å². The third-order valence-electron chi connectivity index (χ3n) is 2.02. The average molecular weight is 195 g/mol. The molecule has 1 atom stereocenters. The zero-order valence-electron chi connectivity index (χ0n) is 8.40. The highest BCUT2D eigenvalue weighted by Gasteiger charge is 1.98. The maximum atomic E-state index is 9.41. The van der Waals surface area contributed by atoms with E-state index in [0.29, 0.717) is 0 Å². The standard InChI is InChI=1S/C11H17NO2/c1-9(13)5-4-8-12-10-6-2-3-7-11(10)14/h2-3,6-7,9,12-14H,4-5,8H2,1H3. The molecule has 1 rings (SSSR count). The van der Waals surface area contributed by atoms with E-state index in [0.717, 1.165) is 25.1 Å². The first-order chi connectivity index (χ1) is 6.70. The number of anilines is 1. The second-order valence-electron chi connectivity index (χ2n) is 3.44. The molecule has 0 saturated heterocycles. The maximum absolute atomic E-state index is 9.41. The van der Waals surface area contributed by atoms with Crippen LogP contribution in [0.25, 0.3) is 0 Å². The number of aromatic hydroxyl groups is 1. The van der Waals surface area contributed by atoms with Crippen LogP contribution in [0.4, 0.5) is 5.69 Å². The van der Waals surface area contributed by atoms with Gasteiger partial charge in [0.15, 0.2) is 0 Å². The van der Waals surface area contributed by atoms with Crippen LogP contribution in [0.2, 0.25) is 0 Å². The van der Waals surface area contributed by atoms with Crippen molar-refractivity contribution in [3.8, 4) is 5.75 Å². The van der Waals surface area contributed by atoms with Crippen LogP contribution in [0.1, 0.15) is 19.8 Å². The van der Waals surface area contributed by atoms with E-state index in [1.165, 1.54) is 0 Å². The summed E-state index contributed by atoms with van der Waals surface area (Å²) in [6.07, 6.45) is 1.42. The van der Waals surface area contributed by atoms with Gasteiger partial charge in [0.25, 0.3) is 0 Å². The highest BCUT2D eigenvalue weighted by molar-refractivity contribution is 5.54. The van der Waals surface area contributed by atoms with E-state index in [-0.39, 0.29) is 11.9 Å². The van der Waals surface area contributed by atoms with Gasteiger partial charge in [0.05, 0.1) is 11.8 Å². The molecule has 3 N–H and O–H groups in total. The summed E-state index contributed by atoms with van der Waals surface area (Å²) in [6, 6.07) is 7.14. The van der Waals surface area contributed by atoms with E-state index >= 15 is 0 Å². The summed E-state index contributed by atoms with van der Waals surface area (Å²) < 4.78 is 0. The number of benzene rings is 1. The molecule has 0 heterocycles. The molecule has 1 aromatic carbocycles. The molecule has 0 saturated carbocycles. The topological polar surface area (TPSA) is 52.5 Å². The lowest BCUT2D eigenvalue weighted by atomic mass is 10.2. The Balaban J connectivity index is 2.28. The van der Waals surface area contributed by atoms with E-state index in [4.69, 9.17) is 5.11 Å². The lowest BCUT2D eigenvalue weighted by Gasteiger charge is -2.08. The zero-order chi connectivity index (χ0) is 10.4. The molecule has 0 radical (unpaired) electrons. The second-order valence-corrected chi connectivity index (χ2v) is 3.44. The zero-order valence-corrected chi connectivity index (χ0v) is 8.40. The molecule has 3 nitrogen and oxygen atoms in total. The van der Waals surface area contributed by atoms with Gasteiger partial charge in [0.1, 0.15) is 5.75 Å². The molecule has 0 amide bonds. The summed E-state index contributed by atoms with van der Waals surface area (Å²) >= 11 is 0. The van der Waals surface area contributed by atoms with Crippen molar-refractivity contribution in [1.29, 1.82) is 0 Å². The van der Waals surface area contributed by atoms with Gasteiger partial charge in [-0.25, -0.2) is 0 Å². The van der Waals surface area contributed by atoms with Crippen molar-refractivity contribution < 1.29 is 10.2 Å². The smallest absolute Gasteiger partial charge is 0.138 e. The van der Waals surface area contributed by atoms with Gasteiger partial charge >= 0.3 is 0 Å². The maximum Gasteiger partial charge on any atom is 0.138 e. The van der Waals surface area contributed by atoms with Gasteiger partial charge in [0.2, 0.25) is 0 Å². The first-order valence-corrected chi connectivity index (χ1v) is 4.90. The molecular weight excluding hydrogens is 178 g/mol. The molecule has 0 aromatic heterocycles. The fraction of sp³-hybridized carbons (Fsp3) is 0.455. The van der Waals surface area contributed by atoms with Crippen molar-refractivity contribution in [3.63, 3.8) is 0 Å². The third-order valence-corrected chi connectivity index (χ3v) is 2.02. The van der Waals surface area contributed by atoms with Crippen molar-refractivity contribution >= 4 is 5.69 Å². The molecule has 14 heavy (non-hydrogen) atoms. The van der Waals surface area contributed by atoms with E-state index in [2.05, 4.69) is 5.32 Å². The van der Waals surface area contributed by atoms with Gasteiger partial charge in [-0.1, -0.05) is 12.1 Å².